The van der Waals surface area contributed by atoms with Gasteiger partial charge in [-0.05, 0) is 18.1 Å². The zero-order valence-electron chi connectivity index (χ0n) is 11.9. The van der Waals surface area contributed by atoms with Crippen LogP contribution in [0.2, 0.25) is 0 Å². The van der Waals surface area contributed by atoms with Crippen molar-refractivity contribution in [2.75, 3.05) is 5.32 Å². The van der Waals surface area contributed by atoms with E-state index in [0.29, 0.717) is 6.42 Å². The molecule has 3 rings (SSSR count). The first-order valence-corrected chi connectivity index (χ1v) is 7.11. The highest BCUT2D eigenvalue weighted by Crippen LogP contribution is 2.33. The van der Waals surface area contributed by atoms with Crippen molar-refractivity contribution < 1.29 is 9.59 Å². The minimum atomic E-state index is -0.725. The van der Waals surface area contributed by atoms with Gasteiger partial charge >= 0.3 is 0 Å². The summed E-state index contributed by atoms with van der Waals surface area (Å²) in [4.78, 5) is 23.6. The highest BCUT2D eigenvalue weighted by molar-refractivity contribution is 6.02. The summed E-state index contributed by atoms with van der Waals surface area (Å²) in [6, 6.07) is 16.3. The quantitative estimate of drug-likeness (QED) is 0.879. The lowest BCUT2D eigenvalue weighted by Crippen LogP contribution is -2.10. The van der Waals surface area contributed by atoms with E-state index in [1.807, 2.05) is 48.5 Å². The Labute approximate surface area is 128 Å². The van der Waals surface area contributed by atoms with E-state index in [2.05, 4.69) is 15.5 Å². The minimum absolute atomic E-state index is 0.249. The Hall–Kier alpha value is -2.82. The topological polar surface area (TPSA) is 70.9 Å². The van der Waals surface area contributed by atoms with Crippen molar-refractivity contribution in [1.82, 2.24) is 0 Å². The number of aryl methyl sites for hydroxylation is 1. The number of nitrogens with zero attached hydrogens (tertiary/aromatic N) is 2. The van der Waals surface area contributed by atoms with E-state index in [1.165, 1.54) is 0 Å². The molecule has 0 bridgehead atoms. The third kappa shape index (κ3) is 3.09. The molecule has 0 aromatic heterocycles. The summed E-state index contributed by atoms with van der Waals surface area (Å²) in [6.07, 6.45) is 0.898. The van der Waals surface area contributed by atoms with Crippen LogP contribution in [-0.4, -0.2) is 11.8 Å². The average Bonchev–Trinajstić information content (AvgIpc) is 2.87. The predicted molar refractivity (Wildman–Crippen MR) is 82.4 cm³/mol. The second-order valence-electron chi connectivity index (χ2n) is 5.07. The van der Waals surface area contributed by atoms with Gasteiger partial charge in [-0.15, -0.1) is 5.11 Å². The minimum Gasteiger partial charge on any atom is -0.324 e. The summed E-state index contributed by atoms with van der Waals surface area (Å²) in [6.45, 7) is 0. The fraction of sp³-hybridized carbons (Fsp3) is 0.176. The molecule has 2 aromatic rings. The molecule has 0 radical (unpaired) electrons. The monoisotopic (exact) mass is 293 g/mol. The van der Waals surface area contributed by atoms with Crippen molar-refractivity contribution >= 4 is 17.5 Å². The van der Waals surface area contributed by atoms with Gasteiger partial charge in [-0.1, -0.05) is 48.5 Å². The fourth-order valence-electron chi connectivity index (χ4n) is 2.37. The second-order valence-corrected chi connectivity index (χ2v) is 5.07. The molecule has 2 amide bonds. The summed E-state index contributed by atoms with van der Waals surface area (Å²) in [7, 11) is 0. The summed E-state index contributed by atoms with van der Waals surface area (Å²) in [5, 5.41) is 10.3. The van der Waals surface area contributed by atoms with Gasteiger partial charge in [-0.25, -0.2) is 0 Å². The highest BCUT2D eigenvalue weighted by Gasteiger charge is 2.30. The number of benzene rings is 2. The van der Waals surface area contributed by atoms with Crippen LogP contribution in [0.4, 0.5) is 5.69 Å². The van der Waals surface area contributed by atoms with Gasteiger partial charge in [0.25, 0.3) is 11.8 Å². The van der Waals surface area contributed by atoms with E-state index >= 15 is 0 Å². The molecule has 0 spiro atoms. The van der Waals surface area contributed by atoms with Crippen molar-refractivity contribution in [3.8, 4) is 0 Å². The Balaban J connectivity index is 1.62. The van der Waals surface area contributed by atoms with Crippen LogP contribution in [0.5, 0.6) is 0 Å². The standard InChI is InChI=1S/C17H15N3O2/c21-15(11-10-12-6-2-1-3-7-12)19-20-16-13-8-4-5-9-14(13)18-17(16)22/h1-9,16H,10-11H2,(H,18,22). The van der Waals surface area contributed by atoms with Crippen LogP contribution in [0, 0.1) is 0 Å². The Kier molecular flexibility index (Phi) is 4.05. The maximum absolute atomic E-state index is 11.8. The van der Waals surface area contributed by atoms with E-state index in [9.17, 15) is 9.59 Å². The second kappa shape index (κ2) is 6.30. The van der Waals surface area contributed by atoms with Gasteiger partial charge < -0.3 is 5.32 Å². The number of carbonyl (C=O) groups excluding carboxylic acids is 2. The number of hydrogen-bond acceptors (Lipinski definition) is 3. The van der Waals surface area contributed by atoms with Crippen molar-refractivity contribution in [3.05, 3.63) is 65.7 Å². The van der Waals surface area contributed by atoms with Gasteiger partial charge in [0.05, 0.1) is 0 Å². The number of carbonyl (C=O) groups is 2. The van der Waals surface area contributed by atoms with Crippen molar-refractivity contribution in [2.45, 2.75) is 18.9 Å². The first kappa shape index (κ1) is 14.1. The van der Waals surface area contributed by atoms with E-state index in [4.69, 9.17) is 0 Å². The molecular formula is C17H15N3O2. The summed E-state index contributed by atoms with van der Waals surface area (Å²) in [5.41, 5.74) is 2.57. The van der Waals surface area contributed by atoms with Crippen molar-refractivity contribution in [1.29, 1.82) is 0 Å². The lowest BCUT2D eigenvalue weighted by molar-refractivity contribution is -0.118. The van der Waals surface area contributed by atoms with Crippen molar-refractivity contribution in [3.63, 3.8) is 0 Å². The molecule has 5 nitrogen and oxygen atoms in total. The molecule has 1 N–H and O–H groups in total. The molecule has 1 aliphatic heterocycles. The molecule has 0 aliphatic carbocycles. The molecule has 2 aromatic carbocycles. The van der Waals surface area contributed by atoms with Crippen LogP contribution in [0.3, 0.4) is 0 Å². The first-order chi connectivity index (χ1) is 10.7. The molecule has 1 unspecified atom stereocenters. The highest BCUT2D eigenvalue weighted by atomic mass is 16.2. The third-order valence-corrected chi connectivity index (χ3v) is 3.52. The zero-order chi connectivity index (χ0) is 15.4. The number of rotatable bonds is 4. The van der Waals surface area contributed by atoms with Crippen LogP contribution < -0.4 is 5.32 Å². The lowest BCUT2D eigenvalue weighted by atomic mass is 10.1. The smallest absolute Gasteiger partial charge is 0.264 e. The summed E-state index contributed by atoms with van der Waals surface area (Å²) < 4.78 is 0. The van der Waals surface area contributed by atoms with Gasteiger partial charge in [0, 0.05) is 17.7 Å². The molecule has 22 heavy (non-hydrogen) atoms. The average molecular weight is 293 g/mol. The number of amides is 2. The maximum atomic E-state index is 11.8. The summed E-state index contributed by atoms with van der Waals surface area (Å²) in [5.74, 6) is -0.568. The fourth-order valence-corrected chi connectivity index (χ4v) is 2.37. The molecule has 5 heteroatoms. The molecule has 110 valence electrons. The number of fused-ring (bicyclic) bond motifs is 1. The van der Waals surface area contributed by atoms with E-state index < -0.39 is 6.04 Å². The predicted octanol–water partition coefficient (Wildman–Crippen LogP) is 3.29. The maximum Gasteiger partial charge on any atom is 0.264 e. The van der Waals surface area contributed by atoms with E-state index in [1.54, 1.807) is 6.07 Å². The number of azo groups is 1. The van der Waals surface area contributed by atoms with E-state index in [0.717, 1.165) is 16.8 Å². The molecular weight excluding hydrogens is 278 g/mol. The van der Waals surface area contributed by atoms with Crippen LogP contribution in [0.1, 0.15) is 23.6 Å². The number of hydrogen-bond donors (Lipinski definition) is 1. The molecule has 1 heterocycles. The van der Waals surface area contributed by atoms with E-state index in [-0.39, 0.29) is 18.2 Å². The Bertz CT molecular complexity index is 726. The zero-order valence-corrected chi connectivity index (χ0v) is 11.9. The van der Waals surface area contributed by atoms with Gasteiger partial charge in [-0.2, -0.15) is 5.11 Å². The Morgan fingerprint density at radius 2 is 1.77 bits per heavy atom. The van der Waals surface area contributed by atoms with Crippen molar-refractivity contribution in [2.24, 2.45) is 10.2 Å². The molecule has 1 aliphatic rings. The molecule has 0 saturated heterocycles. The SMILES string of the molecule is O=C(CCc1ccccc1)N=NC1C(=O)Nc2ccccc21. The van der Waals surface area contributed by atoms with Crippen LogP contribution in [-0.2, 0) is 16.0 Å². The summed E-state index contributed by atoms with van der Waals surface area (Å²) >= 11 is 0. The Morgan fingerprint density at radius 3 is 2.59 bits per heavy atom. The molecule has 0 fully saturated rings. The normalized spacial score (nSPS) is 16.5. The third-order valence-electron chi connectivity index (χ3n) is 3.52. The van der Waals surface area contributed by atoms with Crippen LogP contribution in [0.15, 0.2) is 64.8 Å². The number of para-hydroxylation sites is 1. The Morgan fingerprint density at radius 1 is 1.05 bits per heavy atom. The molecule has 0 saturated carbocycles. The van der Waals surface area contributed by atoms with Gasteiger partial charge in [0.1, 0.15) is 0 Å². The van der Waals surface area contributed by atoms with Gasteiger partial charge in [0.2, 0.25) is 0 Å². The van der Waals surface area contributed by atoms with Crippen LogP contribution >= 0.6 is 0 Å². The lowest BCUT2D eigenvalue weighted by Gasteiger charge is -2.00. The number of nitrogens with one attached hydrogen (secondary N) is 1. The van der Waals surface area contributed by atoms with Gasteiger partial charge in [0.15, 0.2) is 6.04 Å². The number of anilines is 1. The van der Waals surface area contributed by atoms with Crippen LogP contribution in [0.25, 0.3) is 0 Å². The largest absolute Gasteiger partial charge is 0.324 e. The molecule has 1 atom stereocenters. The first-order valence-electron chi connectivity index (χ1n) is 7.11. The van der Waals surface area contributed by atoms with Gasteiger partial charge in [-0.3, -0.25) is 9.59 Å².